The Bertz CT molecular complexity index is 1220. The molecular weight excluding hydrogens is 416 g/mol. The summed E-state index contributed by atoms with van der Waals surface area (Å²) in [6, 6.07) is 8.45. The Morgan fingerprint density at radius 3 is 2.58 bits per heavy atom. The van der Waals surface area contributed by atoms with Crippen molar-refractivity contribution in [2.45, 2.75) is 38.0 Å². The van der Waals surface area contributed by atoms with E-state index in [4.69, 9.17) is 4.98 Å². The van der Waals surface area contributed by atoms with E-state index in [1.807, 2.05) is 11.1 Å². The number of fused-ring (bicyclic) bond motifs is 3. The summed E-state index contributed by atoms with van der Waals surface area (Å²) >= 11 is 0. The molecule has 1 saturated carbocycles. The number of benzene rings is 1. The summed E-state index contributed by atoms with van der Waals surface area (Å²) in [7, 11) is 0. The predicted octanol–water partition coefficient (Wildman–Crippen LogP) is 2.61. The van der Waals surface area contributed by atoms with Crippen molar-refractivity contribution in [3.05, 3.63) is 59.0 Å². The molecule has 2 aromatic heterocycles. The molecule has 0 radical (unpaired) electrons. The molecule has 168 valence electrons. The summed E-state index contributed by atoms with van der Waals surface area (Å²) in [4.78, 5) is 37.6. The molecule has 0 bridgehead atoms. The SMILES string of the molecule is O=CN1CCN(C(=O)c2cnn(-c3ncc4c(n3)-c3ccccc3CCC4)c2C2CC2)CC1. The first-order valence-electron chi connectivity index (χ1n) is 11.7. The van der Waals surface area contributed by atoms with E-state index in [9.17, 15) is 9.59 Å². The van der Waals surface area contributed by atoms with Crippen molar-refractivity contribution in [1.82, 2.24) is 29.5 Å². The second-order valence-electron chi connectivity index (χ2n) is 9.12. The van der Waals surface area contributed by atoms with Gasteiger partial charge >= 0.3 is 0 Å². The van der Waals surface area contributed by atoms with E-state index in [2.05, 4.69) is 34.3 Å². The number of carbonyl (C=O) groups is 2. The maximum Gasteiger partial charge on any atom is 0.257 e. The molecule has 3 aliphatic rings. The molecule has 6 rings (SSSR count). The zero-order valence-corrected chi connectivity index (χ0v) is 18.5. The molecule has 3 heterocycles. The van der Waals surface area contributed by atoms with Crippen molar-refractivity contribution in [2.75, 3.05) is 26.2 Å². The van der Waals surface area contributed by atoms with E-state index in [-0.39, 0.29) is 5.91 Å². The predicted molar refractivity (Wildman–Crippen MR) is 122 cm³/mol. The van der Waals surface area contributed by atoms with Crippen molar-refractivity contribution in [3.63, 3.8) is 0 Å². The van der Waals surface area contributed by atoms with Gasteiger partial charge in [0, 0.05) is 43.9 Å². The third-order valence-corrected chi connectivity index (χ3v) is 6.96. The maximum absolute atomic E-state index is 13.4. The number of carbonyl (C=O) groups excluding carboxylic acids is 2. The average molecular weight is 443 g/mol. The fraction of sp³-hybridized carbons (Fsp3) is 0.400. The van der Waals surface area contributed by atoms with E-state index in [0.717, 1.165) is 61.0 Å². The van der Waals surface area contributed by atoms with Gasteiger partial charge in [-0.1, -0.05) is 24.3 Å². The highest BCUT2D eigenvalue weighted by molar-refractivity contribution is 5.95. The molecule has 0 atom stereocenters. The molecule has 3 aromatic rings. The molecule has 1 aromatic carbocycles. The molecule has 2 fully saturated rings. The van der Waals surface area contributed by atoms with Crippen LogP contribution in [0.1, 0.15) is 52.4 Å². The Labute approximate surface area is 192 Å². The summed E-state index contributed by atoms with van der Waals surface area (Å²) in [5, 5.41) is 4.60. The minimum absolute atomic E-state index is 0.0196. The Hall–Kier alpha value is -3.55. The quantitative estimate of drug-likeness (QED) is 0.580. The zero-order chi connectivity index (χ0) is 22.4. The number of nitrogens with zero attached hydrogens (tertiary/aromatic N) is 6. The van der Waals surface area contributed by atoms with Gasteiger partial charge in [0.1, 0.15) is 0 Å². The van der Waals surface area contributed by atoms with Crippen LogP contribution in [0, 0.1) is 0 Å². The Kier molecular flexibility index (Phi) is 4.93. The van der Waals surface area contributed by atoms with Crippen LogP contribution < -0.4 is 0 Å². The molecule has 0 unspecified atom stereocenters. The second-order valence-corrected chi connectivity index (χ2v) is 9.12. The minimum atomic E-state index is -0.0196. The Morgan fingerprint density at radius 2 is 1.79 bits per heavy atom. The third-order valence-electron chi connectivity index (χ3n) is 6.96. The Balaban J connectivity index is 1.38. The van der Waals surface area contributed by atoms with Crippen molar-refractivity contribution in [2.24, 2.45) is 0 Å². The van der Waals surface area contributed by atoms with Crippen LogP contribution in [0.5, 0.6) is 0 Å². The molecule has 33 heavy (non-hydrogen) atoms. The lowest BCUT2D eigenvalue weighted by Gasteiger charge is -2.32. The lowest BCUT2D eigenvalue weighted by Crippen LogP contribution is -2.48. The third kappa shape index (κ3) is 3.59. The molecule has 1 aliphatic heterocycles. The molecule has 0 spiro atoms. The van der Waals surface area contributed by atoms with Crippen molar-refractivity contribution < 1.29 is 9.59 Å². The van der Waals surface area contributed by atoms with Gasteiger partial charge in [-0.2, -0.15) is 5.10 Å². The summed E-state index contributed by atoms with van der Waals surface area (Å²) in [6.45, 7) is 2.21. The second kappa shape index (κ2) is 8.10. The summed E-state index contributed by atoms with van der Waals surface area (Å²) in [6.07, 6.45) is 9.60. The summed E-state index contributed by atoms with van der Waals surface area (Å²) in [5.74, 6) is 0.809. The van der Waals surface area contributed by atoms with Gasteiger partial charge in [-0.3, -0.25) is 9.59 Å². The first-order chi connectivity index (χ1) is 16.2. The summed E-state index contributed by atoms with van der Waals surface area (Å²) in [5.41, 5.74) is 6.17. The Morgan fingerprint density at radius 1 is 1.00 bits per heavy atom. The van der Waals surface area contributed by atoms with Crippen LogP contribution in [0.25, 0.3) is 17.2 Å². The van der Waals surface area contributed by atoms with Crippen LogP contribution in [-0.2, 0) is 17.6 Å². The number of hydrogen-bond donors (Lipinski definition) is 0. The fourth-order valence-corrected chi connectivity index (χ4v) is 4.99. The monoisotopic (exact) mass is 442 g/mol. The lowest BCUT2D eigenvalue weighted by molar-refractivity contribution is -0.119. The van der Waals surface area contributed by atoms with E-state index in [1.54, 1.807) is 15.8 Å². The van der Waals surface area contributed by atoms with Crippen LogP contribution in [0.4, 0.5) is 0 Å². The topological polar surface area (TPSA) is 84.2 Å². The first kappa shape index (κ1) is 20.1. The summed E-state index contributed by atoms with van der Waals surface area (Å²) < 4.78 is 1.78. The highest BCUT2D eigenvalue weighted by atomic mass is 16.2. The van der Waals surface area contributed by atoms with Crippen LogP contribution in [0.15, 0.2) is 36.7 Å². The number of aryl methyl sites for hydroxylation is 2. The zero-order valence-electron chi connectivity index (χ0n) is 18.5. The smallest absolute Gasteiger partial charge is 0.257 e. The van der Waals surface area contributed by atoms with Gasteiger partial charge in [0.2, 0.25) is 6.41 Å². The molecular formula is C25H26N6O2. The normalized spacial score (nSPS) is 17.8. The van der Waals surface area contributed by atoms with Gasteiger partial charge in [-0.25, -0.2) is 14.6 Å². The molecule has 0 N–H and O–H groups in total. The van der Waals surface area contributed by atoms with Crippen molar-refractivity contribution in [3.8, 4) is 17.2 Å². The van der Waals surface area contributed by atoms with Gasteiger partial charge in [0.05, 0.1) is 23.1 Å². The van der Waals surface area contributed by atoms with Crippen LogP contribution in [0.3, 0.4) is 0 Å². The first-order valence-corrected chi connectivity index (χ1v) is 11.7. The molecule has 1 saturated heterocycles. The van der Waals surface area contributed by atoms with Gasteiger partial charge in [-0.15, -0.1) is 0 Å². The van der Waals surface area contributed by atoms with Gasteiger partial charge in [0.15, 0.2) is 0 Å². The van der Waals surface area contributed by atoms with Gasteiger partial charge < -0.3 is 9.80 Å². The van der Waals surface area contributed by atoms with Crippen molar-refractivity contribution in [1.29, 1.82) is 0 Å². The molecule has 8 nitrogen and oxygen atoms in total. The number of rotatable bonds is 4. The van der Waals surface area contributed by atoms with E-state index in [1.165, 1.54) is 5.56 Å². The van der Waals surface area contributed by atoms with E-state index >= 15 is 0 Å². The molecule has 2 amide bonds. The average Bonchev–Trinajstić information content (AvgIpc) is 3.64. The fourth-order valence-electron chi connectivity index (χ4n) is 4.99. The van der Waals surface area contributed by atoms with E-state index < -0.39 is 0 Å². The number of aromatic nitrogens is 4. The number of hydrogen-bond acceptors (Lipinski definition) is 5. The van der Waals surface area contributed by atoms with Crippen LogP contribution >= 0.6 is 0 Å². The maximum atomic E-state index is 13.4. The molecule has 2 aliphatic carbocycles. The van der Waals surface area contributed by atoms with Crippen LogP contribution in [-0.4, -0.2) is 68.0 Å². The lowest BCUT2D eigenvalue weighted by atomic mass is 10.0. The van der Waals surface area contributed by atoms with Crippen molar-refractivity contribution >= 4 is 12.3 Å². The minimum Gasteiger partial charge on any atom is -0.342 e. The van der Waals surface area contributed by atoms with Gasteiger partial charge in [-0.05, 0) is 43.2 Å². The number of piperazine rings is 1. The highest BCUT2D eigenvalue weighted by Crippen LogP contribution is 2.43. The standard InChI is InChI=1S/C25H26N6O2/c32-16-29-10-12-30(13-11-29)24(33)21-15-27-31(23(21)18-8-9-18)25-26-14-19-6-3-5-17-4-1-2-7-20(17)22(19)28-25/h1-2,4,7,14-16,18H,3,5-6,8-13H2. The van der Waals surface area contributed by atoms with E-state index in [0.29, 0.717) is 43.6 Å². The highest BCUT2D eigenvalue weighted by Gasteiger charge is 2.35. The molecule has 8 heteroatoms. The van der Waals surface area contributed by atoms with Gasteiger partial charge in [0.25, 0.3) is 11.9 Å². The number of amides is 2. The van der Waals surface area contributed by atoms with Crippen LogP contribution in [0.2, 0.25) is 0 Å². The largest absolute Gasteiger partial charge is 0.342 e.